The molecule has 0 radical (unpaired) electrons. The lowest BCUT2D eigenvalue weighted by Gasteiger charge is -2.15. The minimum Gasteiger partial charge on any atom is -0.466 e. The van der Waals surface area contributed by atoms with E-state index in [2.05, 4.69) is 10.1 Å². The molecule has 0 aromatic carbocycles. The molecule has 1 rings (SSSR count). The largest absolute Gasteiger partial charge is 0.466 e. The molecule has 0 aromatic heterocycles. The van der Waals surface area contributed by atoms with Crippen molar-refractivity contribution in [3.05, 3.63) is 11.8 Å². The highest BCUT2D eigenvalue weighted by Crippen LogP contribution is 2.12. The molecule has 0 saturated carbocycles. The van der Waals surface area contributed by atoms with E-state index in [-0.39, 0.29) is 11.7 Å². The Hall–Kier alpha value is -1.85. The van der Waals surface area contributed by atoms with Crippen LogP contribution in [-0.4, -0.2) is 36.0 Å². The van der Waals surface area contributed by atoms with Gasteiger partial charge in [0.2, 0.25) is 0 Å². The van der Waals surface area contributed by atoms with Crippen LogP contribution < -0.4 is 5.32 Å². The van der Waals surface area contributed by atoms with Gasteiger partial charge in [0.1, 0.15) is 5.70 Å². The molecule has 1 fully saturated rings. The highest BCUT2D eigenvalue weighted by molar-refractivity contribution is 6.13. The van der Waals surface area contributed by atoms with Crippen molar-refractivity contribution in [1.29, 1.82) is 0 Å². The number of imide groups is 1. The molecule has 3 amide bonds. The Morgan fingerprint density at radius 3 is 2.47 bits per heavy atom. The van der Waals surface area contributed by atoms with Crippen LogP contribution in [0.2, 0.25) is 0 Å². The van der Waals surface area contributed by atoms with Crippen molar-refractivity contribution >= 4 is 17.9 Å². The summed E-state index contributed by atoms with van der Waals surface area (Å²) in [7, 11) is 1.20. The van der Waals surface area contributed by atoms with E-state index in [9.17, 15) is 14.4 Å². The first-order chi connectivity index (χ1) is 6.97. The Kier molecular flexibility index (Phi) is 3.08. The first-order valence-corrected chi connectivity index (χ1v) is 4.41. The third-order valence-corrected chi connectivity index (χ3v) is 1.89. The van der Waals surface area contributed by atoms with Crippen LogP contribution in [0.4, 0.5) is 4.79 Å². The number of carbonyl (C=O) groups is 3. The van der Waals surface area contributed by atoms with E-state index in [1.54, 1.807) is 13.8 Å². The standard InChI is InChI=1S/C9H12N2O4/c1-5(2)11-8(13)6(10-9(11)14)4-7(12)15-3/h4-5H,1-3H3,(H,10,14)/b6-4-. The number of esters is 1. The number of methoxy groups -OCH3 is 1. The van der Waals surface area contributed by atoms with Crippen LogP contribution in [-0.2, 0) is 14.3 Å². The summed E-state index contributed by atoms with van der Waals surface area (Å²) in [6, 6.07) is -0.772. The van der Waals surface area contributed by atoms with E-state index in [1.807, 2.05) is 0 Å². The molecule has 1 aliphatic rings. The minimum atomic E-state index is -0.677. The maximum absolute atomic E-state index is 11.6. The van der Waals surface area contributed by atoms with Crippen molar-refractivity contribution in [3.8, 4) is 0 Å². The van der Waals surface area contributed by atoms with E-state index in [1.165, 1.54) is 7.11 Å². The van der Waals surface area contributed by atoms with Gasteiger partial charge in [-0.1, -0.05) is 0 Å². The normalized spacial score (nSPS) is 18.7. The number of rotatable bonds is 2. The Bertz CT molecular complexity index is 346. The van der Waals surface area contributed by atoms with Gasteiger partial charge in [-0.2, -0.15) is 0 Å². The predicted octanol–water partition coefficient (Wildman–Crippen LogP) is 0.00350. The Morgan fingerprint density at radius 2 is 2.07 bits per heavy atom. The quantitative estimate of drug-likeness (QED) is 0.397. The summed E-state index contributed by atoms with van der Waals surface area (Å²) in [6.45, 7) is 3.41. The lowest BCUT2D eigenvalue weighted by atomic mass is 10.3. The molecule has 1 saturated heterocycles. The van der Waals surface area contributed by atoms with Gasteiger partial charge in [0, 0.05) is 6.04 Å². The first kappa shape index (κ1) is 11.2. The van der Waals surface area contributed by atoms with E-state index >= 15 is 0 Å². The van der Waals surface area contributed by atoms with Gasteiger partial charge in [-0.15, -0.1) is 0 Å². The van der Waals surface area contributed by atoms with Gasteiger partial charge < -0.3 is 10.1 Å². The van der Waals surface area contributed by atoms with Crippen molar-refractivity contribution < 1.29 is 19.1 Å². The van der Waals surface area contributed by atoms with Gasteiger partial charge in [-0.05, 0) is 13.8 Å². The van der Waals surface area contributed by atoms with Crippen molar-refractivity contribution in [2.24, 2.45) is 0 Å². The SMILES string of the molecule is COC(=O)/C=C1\NC(=O)N(C(C)C)C1=O. The van der Waals surface area contributed by atoms with Gasteiger partial charge >= 0.3 is 12.0 Å². The van der Waals surface area contributed by atoms with Crippen LogP contribution in [0, 0.1) is 0 Å². The van der Waals surface area contributed by atoms with Gasteiger partial charge in [0.05, 0.1) is 13.2 Å². The number of nitrogens with one attached hydrogen (secondary N) is 1. The lowest BCUT2D eigenvalue weighted by Crippen LogP contribution is -2.36. The zero-order chi connectivity index (χ0) is 11.6. The maximum atomic E-state index is 11.6. The van der Waals surface area contributed by atoms with Gasteiger partial charge in [0.15, 0.2) is 0 Å². The summed E-state index contributed by atoms with van der Waals surface area (Å²) in [5.74, 6) is -1.19. The average molecular weight is 212 g/mol. The number of carbonyl (C=O) groups excluding carboxylic acids is 3. The summed E-state index contributed by atoms with van der Waals surface area (Å²) >= 11 is 0. The number of hydrogen-bond donors (Lipinski definition) is 1. The zero-order valence-corrected chi connectivity index (χ0v) is 8.73. The second-order valence-electron chi connectivity index (χ2n) is 3.28. The molecule has 0 aromatic rings. The maximum Gasteiger partial charge on any atom is 0.332 e. The molecular formula is C9H12N2O4. The summed E-state index contributed by atoms with van der Waals surface area (Å²) < 4.78 is 4.35. The fourth-order valence-electron chi connectivity index (χ4n) is 1.19. The van der Waals surface area contributed by atoms with Crippen LogP contribution in [0.15, 0.2) is 11.8 Å². The zero-order valence-electron chi connectivity index (χ0n) is 8.73. The fraction of sp³-hybridized carbons (Fsp3) is 0.444. The number of hydrogen-bond acceptors (Lipinski definition) is 4. The number of nitrogens with zero attached hydrogens (tertiary/aromatic N) is 1. The molecule has 0 spiro atoms. The van der Waals surface area contributed by atoms with Crippen LogP contribution in [0.25, 0.3) is 0 Å². The summed E-state index contributed by atoms with van der Waals surface area (Å²) in [4.78, 5) is 34.8. The summed E-state index contributed by atoms with van der Waals surface area (Å²) in [5.41, 5.74) is -0.0550. The molecule has 0 atom stereocenters. The lowest BCUT2D eigenvalue weighted by molar-refractivity contribution is -0.135. The van der Waals surface area contributed by atoms with Gasteiger partial charge in [-0.25, -0.2) is 9.59 Å². The molecule has 6 heteroatoms. The molecular weight excluding hydrogens is 200 g/mol. The van der Waals surface area contributed by atoms with E-state index < -0.39 is 17.9 Å². The van der Waals surface area contributed by atoms with E-state index in [0.29, 0.717) is 0 Å². The highest BCUT2D eigenvalue weighted by atomic mass is 16.5. The summed E-state index contributed by atoms with van der Waals surface area (Å²) in [6.07, 6.45) is 0.961. The molecule has 1 aliphatic heterocycles. The molecule has 1 heterocycles. The van der Waals surface area contributed by atoms with Crippen molar-refractivity contribution in [1.82, 2.24) is 10.2 Å². The monoisotopic (exact) mass is 212 g/mol. The van der Waals surface area contributed by atoms with E-state index in [4.69, 9.17) is 0 Å². The third-order valence-electron chi connectivity index (χ3n) is 1.89. The number of urea groups is 1. The molecule has 0 unspecified atom stereocenters. The van der Waals surface area contributed by atoms with Crippen molar-refractivity contribution in [3.63, 3.8) is 0 Å². The van der Waals surface area contributed by atoms with Crippen molar-refractivity contribution in [2.75, 3.05) is 7.11 Å². The fourth-order valence-corrected chi connectivity index (χ4v) is 1.19. The minimum absolute atomic E-state index is 0.0550. The van der Waals surface area contributed by atoms with Crippen LogP contribution in [0.5, 0.6) is 0 Å². The van der Waals surface area contributed by atoms with E-state index in [0.717, 1.165) is 11.0 Å². The highest BCUT2D eigenvalue weighted by Gasteiger charge is 2.35. The Balaban J connectivity index is 2.91. The number of ether oxygens (including phenoxy) is 1. The molecule has 82 valence electrons. The Morgan fingerprint density at radius 1 is 1.47 bits per heavy atom. The third kappa shape index (κ3) is 2.15. The average Bonchev–Trinajstić information content (AvgIpc) is 2.41. The van der Waals surface area contributed by atoms with Crippen LogP contribution >= 0.6 is 0 Å². The molecule has 0 bridgehead atoms. The van der Waals surface area contributed by atoms with Gasteiger partial charge in [0.25, 0.3) is 5.91 Å². The second-order valence-corrected chi connectivity index (χ2v) is 3.28. The summed E-state index contributed by atoms with van der Waals surface area (Å²) in [5, 5.41) is 2.30. The molecule has 6 nitrogen and oxygen atoms in total. The van der Waals surface area contributed by atoms with Crippen molar-refractivity contribution in [2.45, 2.75) is 19.9 Å². The molecule has 0 aliphatic carbocycles. The van der Waals surface area contributed by atoms with Crippen LogP contribution in [0.3, 0.4) is 0 Å². The Labute approximate surface area is 86.9 Å². The number of amides is 3. The smallest absolute Gasteiger partial charge is 0.332 e. The molecule has 15 heavy (non-hydrogen) atoms. The topological polar surface area (TPSA) is 75.7 Å². The first-order valence-electron chi connectivity index (χ1n) is 4.41. The predicted molar refractivity (Wildman–Crippen MR) is 50.6 cm³/mol. The molecule has 1 N–H and O–H groups in total. The second kappa shape index (κ2) is 4.12. The van der Waals surface area contributed by atoms with Crippen LogP contribution in [0.1, 0.15) is 13.8 Å². The van der Waals surface area contributed by atoms with Gasteiger partial charge in [-0.3, -0.25) is 9.69 Å².